The number of nitrogens with two attached hydrogens (primary N) is 3. The molecule has 122 valence electrons. The van der Waals surface area contributed by atoms with Crippen molar-refractivity contribution in [3.63, 3.8) is 0 Å². The second-order valence-corrected chi connectivity index (χ2v) is 6.33. The normalized spacial score (nSPS) is 10.9. The molecular formula is C13H33N3O3Si. The highest BCUT2D eigenvalue weighted by Gasteiger charge is 2.41. The maximum atomic E-state index is 5.63. The molecule has 0 fully saturated rings. The van der Waals surface area contributed by atoms with Crippen LogP contribution in [0.3, 0.4) is 0 Å². The van der Waals surface area contributed by atoms with Crippen LogP contribution in [0, 0.1) is 0 Å². The number of hydrogen-bond donors (Lipinski definition) is 3. The van der Waals surface area contributed by atoms with Crippen molar-refractivity contribution in [1.29, 1.82) is 0 Å². The van der Waals surface area contributed by atoms with Gasteiger partial charge in [-0.2, -0.15) is 0 Å². The Bertz CT molecular complexity index is 195. The van der Waals surface area contributed by atoms with Crippen LogP contribution < -0.4 is 17.2 Å². The fraction of sp³-hybridized carbons (Fsp3) is 0.692. The van der Waals surface area contributed by atoms with E-state index < -0.39 is 14.6 Å². The summed E-state index contributed by atoms with van der Waals surface area (Å²) in [4.78, 5) is 0. The minimum atomic E-state index is -2.65. The van der Waals surface area contributed by atoms with Crippen LogP contribution in [0.5, 0.6) is 0 Å². The van der Waals surface area contributed by atoms with Crippen molar-refractivity contribution in [2.24, 2.45) is 17.2 Å². The second kappa shape index (κ2) is 14.9. The first-order chi connectivity index (χ1) is 9.39. The quantitative estimate of drug-likeness (QED) is 0.339. The molecule has 0 unspecified atom stereocenters. The molecule has 0 aromatic heterocycles. The Morgan fingerprint density at radius 3 is 1.30 bits per heavy atom. The fourth-order valence-corrected chi connectivity index (χ4v) is 4.11. The van der Waals surface area contributed by atoms with E-state index in [1.807, 2.05) is 20.8 Å². The predicted octanol–water partition coefficient (Wildman–Crippen LogP) is 1.56. The summed E-state index contributed by atoms with van der Waals surface area (Å²) in [5, 5.41) is 0. The average Bonchev–Trinajstić information content (AvgIpc) is 2.41. The fourth-order valence-electron chi connectivity index (χ4n) is 1.37. The van der Waals surface area contributed by atoms with Gasteiger partial charge in [0.15, 0.2) is 0 Å². The molecule has 0 saturated carbocycles. The van der Waals surface area contributed by atoms with Crippen LogP contribution in [0.2, 0.25) is 6.04 Å². The lowest BCUT2D eigenvalue weighted by Crippen LogP contribution is -2.59. The Labute approximate surface area is 125 Å². The molecule has 0 spiro atoms. The number of hydrogen-bond acceptors (Lipinski definition) is 6. The van der Waals surface area contributed by atoms with Crippen LogP contribution in [0.25, 0.3) is 0 Å². The zero-order valence-electron chi connectivity index (χ0n) is 13.3. The minimum Gasteiger partial charge on any atom is -0.374 e. The third-order valence-electron chi connectivity index (χ3n) is 1.96. The van der Waals surface area contributed by atoms with E-state index in [1.165, 1.54) is 0 Å². The molecule has 0 aliphatic heterocycles. The van der Waals surface area contributed by atoms with Gasteiger partial charge in [-0.15, -0.1) is 26.3 Å². The lowest BCUT2D eigenvalue weighted by atomic mass is 10.3. The molecule has 0 saturated heterocycles. The van der Waals surface area contributed by atoms with Gasteiger partial charge in [-0.3, -0.25) is 0 Å². The Kier molecular flexibility index (Phi) is 18.2. The van der Waals surface area contributed by atoms with Crippen molar-refractivity contribution < 1.29 is 13.3 Å². The molecule has 20 heavy (non-hydrogen) atoms. The van der Waals surface area contributed by atoms with E-state index in [9.17, 15) is 0 Å². The largest absolute Gasteiger partial charge is 0.501 e. The SMILES string of the molecule is C=C.C=C.CCO[Si](CCC(N)(N)N)(OCC)OCC. The van der Waals surface area contributed by atoms with Crippen molar-refractivity contribution in [3.05, 3.63) is 26.3 Å². The Morgan fingerprint density at radius 2 is 1.10 bits per heavy atom. The summed E-state index contributed by atoms with van der Waals surface area (Å²) >= 11 is 0. The first-order valence-electron chi connectivity index (χ1n) is 6.67. The molecule has 7 heteroatoms. The lowest BCUT2D eigenvalue weighted by Gasteiger charge is -2.30. The van der Waals surface area contributed by atoms with Gasteiger partial charge < -0.3 is 30.5 Å². The van der Waals surface area contributed by atoms with Crippen LogP contribution in [-0.4, -0.2) is 34.4 Å². The third-order valence-corrected chi connectivity index (χ3v) is 5.00. The average molecular weight is 308 g/mol. The van der Waals surface area contributed by atoms with Crippen molar-refractivity contribution in [2.45, 2.75) is 39.0 Å². The monoisotopic (exact) mass is 307 g/mol. The zero-order chi connectivity index (χ0) is 16.7. The smallest absolute Gasteiger partial charge is 0.374 e. The molecule has 0 amide bonds. The topological polar surface area (TPSA) is 106 Å². The van der Waals surface area contributed by atoms with Crippen molar-refractivity contribution in [2.75, 3.05) is 19.8 Å². The lowest BCUT2D eigenvalue weighted by molar-refractivity contribution is 0.0690. The van der Waals surface area contributed by atoms with Crippen molar-refractivity contribution in [1.82, 2.24) is 0 Å². The van der Waals surface area contributed by atoms with Crippen molar-refractivity contribution in [3.8, 4) is 0 Å². The highest BCUT2D eigenvalue weighted by molar-refractivity contribution is 6.60. The van der Waals surface area contributed by atoms with Gasteiger partial charge in [0, 0.05) is 25.9 Å². The van der Waals surface area contributed by atoms with Gasteiger partial charge in [0.05, 0.1) is 0 Å². The van der Waals surface area contributed by atoms with Gasteiger partial charge in [-0.1, -0.05) is 0 Å². The zero-order valence-corrected chi connectivity index (χ0v) is 14.3. The van der Waals surface area contributed by atoms with Gasteiger partial charge in [-0.05, 0) is 27.2 Å². The van der Waals surface area contributed by atoms with Gasteiger partial charge in [0.2, 0.25) is 0 Å². The summed E-state index contributed by atoms with van der Waals surface area (Å²) in [6.45, 7) is 19.3. The summed E-state index contributed by atoms with van der Waals surface area (Å²) in [5.41, 5.74) is 16.6. The molecule has 0 rings (SSSR count). The molecule has 0 bridgehead atoms. The molecule has 0 aromatic rings. The van der Waals surface area contributed by atoms with Gasteiger partial charge in [0.25, 0.3) is 0 Å². The van der Waals surface area contributed by atoms with Gasteiger partial charge in [-0.25, -0.2) is 0 Å². The van der Waals surface area contributed by atoms with E-state index in [-0.39, 0.29) is 0 Å². The first-order valence-corrected chi connectivity index (χ1v) is 8.60. The molecule has 0 radical (unpaired) electrons. The molecule has 0 atom stereocenters. The molecule has 6 nitrogen and oxygen atoms in total. The Morgan fingerprint density at radius 1 is 0.800 bits per heavy atom. The van der Waals surface area contributed by atoms with Crippen LogP contribution in [0.15, 0.2) is 26.3 Å². The van der Waals surface area contributed by atoms with Crippen molar-refractivity contribution >= 4 is 8.80 Å². The highest BCUT2D eigenvalue weighted by atomic mass is 28.4. The molecule has 0 aliphatic carbocycles. The van der Waals surface area contributed by atoms with E-state index in [4.69, 9.17) is 30.5 Å². The molecule has 0 aliphatic rings. The maximum absolute atomic E-state index is 5.63. The standard InChI is InChI=1S/C9H25N3O3Si.2C2H4/c1-4-13-16(14-5-2,15-6-3)8-7-9(10,11)12;2*1-2/h4-8,10-12H2,1-3H3;2*1-2H2. The van der Waals surface area contributed by atoms with Gasteiger partial charge >= 0.3 is 8.80 Å². The summed E-state index contributed by atoms with van der Waals surface area (Å²) in [6.07, 6.45) is 0.402. The van der Waals surface area contributed by atoms with E-state index in [0.717, 1.165) is 0 Å². The summed E-state index contributed by atoms with van der Waals surface area (Å²) in [5.74, 6) is -1.20. The van der Waals surface area contributed by atoms with Crippen LogP contribution in [-0.2, 0) is 13.3 Å². The predicted molar refractivity (Wildman–Crippen MR) is 87.9 cm³/mol. The Balaban J connectivity index is -0.000000656. The Hall–Kier alpha value is -0.543. The molecule has 6 N–H and O–H groups in total. The summed E-state index contributed by atoms with van der Waals surface area (Å²) in [7, 11) is -2.65. The third kappa shape index (κ3) is 13.9. The molecule has 0 aromatic carbocycles. The maximum Gasteiger partial charge on any atom is 0.501 e. The highest BCUT2D eigenvalue weighted by Crippen LogP contribution is 2.19. The molecule has 0 heterocycles. The van der Waals surface area contributed by atoms with E-state index in [0.29, 0.717) is 32.3 Å². The van der Waals surface area contributed by atoms with E-state index >= 15 is 0 Å². The van der Waals surface area contributed by atoms with Crippen LogP contribution in [0.4, 0.5) is 0 Å². The first kappa shape index (κ1) is 24.5. The van der Waals surface area contributed by atoms with Crippen LogP contribution >= 0.6 is 0 Å². The molecular weight excluding hydrogens is 274 g/mol. The van der Waals surface area contributed by atoms with E-state index in [2.05, 4.69) is 26.3 Å². The number of rotatable bonds is 9. The summed E-state index contributed by atoms with van der Waals surface area (Å²) in [6, 6.07) is 0.534. The second-order valence-electron chi connectivity index (χ2n) is 3.59. The van der Waals surface area contributed by atoms with Crippen LogP contribution in [0.1, 0.15) is 27.2 Å². The summed E-state index contributed by atoms with van der Waals surface area (Å²) < 4.78 is 16.9. The minimum absolute atomic E-state index is 0.402. The van der Waals surface area contributed by atoms with Gasteiger partial charge in [0.1, 0.15) is 5.79 Å². The van der Waals surface area contributed by atoms with E-state index in [1.54, 1.807) is 0 Å².